The molecule has 0 atom stereocenters. The summed E-state index contributed by atoms with van der Waals surface area (Å²) in [5.74, 6) is -0.661. The van der Waals surface area contributed by atoms with Crippen LogP contribution in [0.4, 0.5) is 0 Å². The summed E-state index contributed by atoms with van der Waals surface area (Å²) in [5.41, 5.74) is 0.796. The molecule has 0 radical (unpaired) electrons. The number of hydrogen-bond acceptors (Lipinski definition) is 4. The number of nitrogens with one attached hydrogen (secondary N) is 1. The molecule has 2 aromatic heterocycles. The van der Waals surface area contributed by atoms with Crippen LogP contribution in [0.15, 0.2) is 18.3 Å². The molecule has 6 nitrogen and oxygen atoms in total. The number of esters is 1. The van der Waals surface area contributed by atoms with Crippen LogP contribution >= 0.6 is 11.6 Å². The van der Waals surface area contributed by atoms with Crippen molar-refractivity contribution in [1.29, 1.82) is 0 Å². The van der Waals surface area contributed by atoms with Crippen LogP contribution in [0.3, 0.4) is 0 Å². The zero-order valence-electron chi connectivity index (χ0n) is 10.4. The Bertz CT molecular complexity index is 651. The van der Waals surface area contributed by atoms with Crippen LogP contribution in [-0.2, 0) is 16.1 Å². The van der Waals surface area contributed by atoms with Crippen molar-refractivity contribution in [2.24, 2.45) is 0 Å². The van der Waals surface area contributed by atoms with Crippen LogP contribution in [0.5, 0.6) is 0 Å². The van der Waals surface area contributed by atoms with Crippen LogP contribution in [0, 0.1) is 0 Å². The molecule has 0 saturated carbocycles. The van der Waals surface area contributed by atoms with E-state index in [1.165, 1.54) is 13.2 Å². The van der Waals surface area contributed by atoms with Gasteiger partial charge in [-0.15, -0.1) is 0 Å². The fourth-order valence-electron chi connectivity index (χ4n) is 1.77. The smallest absolute Gasteiger partial charge is 0.338 e. The molecule has 2 aromatic rings. The van der Waals surface area contributed by atoms with Crippen molar-refractivity contribution in [2.45, 2.75) is 6.54 Å². The number of ether oxygens (including phenoxy) is 1. The van der Waals surface area contributed by atoms with E-state index < -0.39 is 5.97 Å². The number of likely N-dealkylation sites (N-methyl/N-ethyl adjacent to an activating group) is 1. The van der Waals surface area contributed by atoms with Gasteiger partial charge in [-0.25, -0.2) is 9.78 Å². The zero-order valence-corrected chi connectivity index (χ0v) is 11.2. The number of aromatic nitrogens is 2. The topological polar surface area (TPSA) is 73.2 Å². The molecule has 19 heavy (non-hydrogen) atoms. The Hall–Kier alpha value is -2.08. The van der Waals surface area contributed by atoms with E-state index in [-0.39, 0.29) is 17.6 Å². The number of nitrogens with zero attached hydrogens (tertiary/aromatic N) is 2. The Morgan fingerprint density at radius 1 is 1.53 bits per heavy atom. The van der Waals surface area contributed by atoms with E-state index in [2.05, 4.69) is 10.3 Å². The maximum Gasteiger partial charge on any atom is 0.338 e. The molecule has 0 bridgehead atoms. The molecule has 0 aliphatic carbocycles. The SMILES string of the molecule is CNC(=O)Cn1ccc2c(C(=O)OC)cc(Cl)nc21. The molecule has 7 heteroatoms. The third-order valence-electron chi connectivity index (χ3n) is 2.70. The van der Waals surface area contributed by atoms with Gasteiger partial charge in [-0.05, 0) is 12.1 Å². The third-order valence-corrected chi connectivity index (χ3v) is 2.89. The lowest BCUT2D eigenvalue weighted by Gasteiger charge is -2.06. The van der Waals surface area contributed by atoms with Crippen LogP contribution in [-0.4, -0.2) is 35.6 Å². The minimum Gasteiger partial charge on any atom is -0.465 e. The van der Waals surface area contributed by atoms with Gasteiger partial charge in [-0.1, -0.05) is 11.6 Å². The van der Waals surface area contributed by atoms with Gasteiger partial charge in [0.2, 0.25) is 5.91 Å². The molecule has 0 aliphatic heterocycles. The number of halogens is 1. The predicted molar refractivity (Wildman–Crippen MR) is 70.1 cm³/mol. The number of methoxy groups -OCH3 is 1. The molecule has 100 valence electrons. The van der Waals surface area contributed by atoms with Crippen molar-refractivity contribution in [1.82, 2.24) is 14.9 Å². The summed E-state index contributed by atoms with van der Waals surface area (Å²) in [6.07, 6.45) is 1.68. The van der Waals surface area contributed by atoms with Gasteiger partial charge >= 0.3 is 5.97 Å². The molecule has 0 aliphatic rings. The first-order valence-corrected chi connectivity index (χ1v) is 5.89. The number of pyridine rings is 1. The molecule has 0 aromatic carbocycles. The quantitative estimate of drug-likeness (QED) is 0.678. The fraction of sp³-hybridized carbons (Fsp3) is 0.250. The lowest BCUT2D eigenvalue weighted by atomic mass is 10.2. The van der Waals surface area contributed by atoms with Gasteiger partial charge in [0.1, 0.15) is 17.3 Å². The maximum absolute atomic E-state index is 11.7. The van der Waals surface area contributed by atoms with Crippen molar-refractivity contribution in [3.8, 4) is 0 Å². The molecule has 0 fully saturated rings. The van der Waals surface area contributed by atoms with Gasteiger partial charge in [0.15, 0.2) is 0 Å². The highest BCUT2D eigenvalue weighted by atomic mass is 35.5. The highest BCUT2D eigenvalue weighted by molar-refractivity contribution is 6.30. The summed E-state index contributed by atoms with van der Waals surface area (Å²) in [5, 5.41) is 3.29. The second-order valence-corrected chi connectivity index (χ2v) is 4.23. The Kier molecular flexibility index (Phi) is 3.71. The Labute approximate surface area is 114 Å². The van der Waals surface area contributed by atoms with Crippen molar-refractivity contribution in [3.05, 3.63) is 29.0 Å². The predicted octanol–water partition coefficient (Wildman–Crippen LogP) is 1.22. The standard InChI is InChI=1S/C12H12ClN3O3/c1-14-10(17)6-16-4-3-7-8(12(18)19-2)5-9(13)15-11(7)16/h3-5H,6H2,1-2H3,(H,14,17). The Balaban J connectivity index is 2.57. The lowest BCUT2D eigenvalue weighted by molar-refractivity contribution is -0.121. The highest BCUT2D eigenvalue weighted by Crippen LogP contribution is 2.22. The second kappa shape index (κ2) is 5.27. The van der Waals surface area contributed by atoms with Crippen LogP contribution < -0.4 is 5.32 Å². The summed E-state index contributed by atoms with van der Waals surface area (Å²) < 4.78 is 6.31. The van der Waals surface area contributed by atoms with E-state index in [1.807, 2.05) is 0 Å². The Morgan fingerprint density at radius 3 is 2.89 bits per heavy atom. The monoisotopic (exact) mass is 281 g/mol. The van der Waals surface area contributed by atoms with Gasteiger partial charge < -0.3 is 14.6 Å². The molecule has 0 unspecified atom stereocenters. The molecule has 1 amide bonds. The van der Waals surface area contributed by atoms with Crippen molar-refractivity contribution in [2.75, 3.05) is 14.2 Å². The van der Waals surface area contributed by atoms with Gasteiger partial charge in [0.05, 0.1) is 12.7 Å². The van der Waals surface area contributed by atoms with E-state index in [0.29, 0.717) is 16.6 Å². The Morgan fingerprint density at radius 2 is 2.26 bits per heavy atom. The largest absolute Gasteiger partial charge is 0.465 e. The van der Waals surface area contributed by atoms with Crippen molar-refractivity contribution >= 4 is 34.5 Å². The third kappa shape index (κ3) is 2.53. The molecule has 1 N–H and O–H groups in total. The van der Waals surface area contributed by atoms with Crippen molar-refractivity contribution < 1.29 is 14.3 Å². The van der Waals surface area contributed by atoms with E-state index >= 15 is 0 Å². The summed E-state index contributed by atoms with van der Waals surface area (Å²) in [7, 11) is 2.85. The van der Waals surface area contributed by atoms with E-state index in [1.54, 1.807) is 23.9 Å². The highest BCUT2D eigenvalue weighted by Gasteiger charge is 2.16. The van der Waals surface area contributed by atoms with Crippen molar-refractivity contribution in [3.63, 3.8) is 0 Å². The van der Waals surface area contributed by atoms with Gasteiger partial charge in [-0.3, -0.25) is 4.79 Å². The normalized spacial score (nSPS) is 10.5. The summed E-state index contributed by atoms with van der Waals surface area (Å²) in [6.45, 7) is 0.105. The van der Waals surface area contributed by atoms with Crippen LogP contribution in [0.2, 0.25) is 5.15 Å². The van der Waals surface area contributed by atoms with Gasteiger partial charge in [0, 0.05) is 18.6 Å². The van der Waals surface area contributed by atoms with Gasteiger partial charge in [0.25, 0.3) is 0 Å². The van der Waals surface area contributed by atoms with Crippen LogP contribution in [0.1, 0.15) is 10.4 Å². The average Bonchev–Trinajstić information content (AvgIpc) is 2.79. The zero-order chi connectivity index (χ0) is 14.0. The second-order valence-electron chi connectivity index (χ2n) is 3.84. The first kappa shape index (κ1) is 13.4. The van der Waals surface area contributed by atoms with Gasteiger partial charge in [-0.2, -0.15) is 0 Å². The minimum atomic E-state index is -0.494. The molecule has 2 rings (SSSR count). The molecular weight excluding hydrogens is 270 g/mol. The number of carbonyl (C=O) groups excluding carboxylic acids is 2. The first-order chi connectivity index (χ1) is 9.06. The number of carbonyl (C=O) groups is 2. The number of amides is 1. The number of hydrogen-bond donors (Lipinski definition) is 1. The lowest BCUT2D eigenvalue weighted by Crippen LogP contribution is -2.23. The summed E-state index contributed by atoms with van der Waals surface area (Å²) in [4.78, 5) is 27.2. The molecule has 0 spiro atoms. The minimum absolute atomic E-state index is 0.105. The molecule has 2 heterocycles. The summed E-state index contributed by atoms with van der Waals surface area (Å²) >= 11 is 5.89. The average molecular weight is 282 g/mol. The van der Waals surface area contributed by atoms with E-state index in [9.17, 15) is 9.59 Å². The van der Waals surface area contributed by atoms with E-state index in [0.717, 1.165) is 0 Å². The summed E-state index contributed by atoms with van der Waals surface area (Å²) in [6, 6.07) is 3.15. The molecule has 0 saturated heterocycles. The fourth-order valence-corrected chi connectivity index (χ4v) is 1.96. The molecular formula is C12H12ClN3O3. The maximum atomic E-state index is 11.7. The first-order valence-electron chi connectivity index (χ1n) is 5.51. The number of fused-ring (bicyclic) bond motifs is 1. The van der Waals surface area contributed by atoms with E-state index in [4.69, 9.17) is 16.3 Å². The van der Waals surface area contributed by atoms with Crippen LogP contribution in [0.25, 0.3) is 11.0 Å². The number of rotatable bonds is 3.